The zero-order valence-electron chi connectivity index (χ0n) is 11.7. The second kappa shape index (κ2) is 6.49. The summed E-state index contributed by atoms with van der Waals surface area (Å²) in [5, 5.41) is 9.19. The van der Waals surface area contributed by atoms with Gasteiger partial charge in [-0.3, -0.25) is 0 Å². The zero-order valence-corrected chi connectivity index (χ0v) is 12.4. The first kappa shape index (κ1) is 15.2. The highest BCUT2D eigenvalue weighted by atomic mass is 35.5. The second-order valence-electron chi connectivity index (χ2n) is 4.31. The molecule has 2 rings (SSSR count). The van der Waals surface area contributed by atoms with Crippen LogP contribution >= 0.6 is 11.6 Å². The molecule has 0 radical (unpaired) electrons. The Morgan fingerprint density at radius 2 is 2.24 bits per heavy atom. The molecule has 6 nitrogen and oxygen atoms in total. The van der Waals surface area contributed by atoms with Crippen LogP contribution in [-0.4, -0.2) is 34.3 Å². The van der Waals surface area contributed by atoms with Gasteiger partial charge in [-0.05, 0) is 19.1 Å². The maximum absolute atomic E-state index is 11.0. The van der Waals surface area contributed by atoms with Gasteiger partial charge in [0, 0.05) is 12.4 Å². The summed E-state index contributed by atoms with van der Waals surface area (Å²) in [7, 11) is 1.43. The van der Waals surface area contributed by atoms with Crippen molar-refractivity contribution in [3.63, 3.8) is 0 Å². The van der Waals surface area contributed by atoms with E-state index in [2.05, 4.69) is 4.98 Å². The molecule has 21 heavy (non-hydrogen) atoms. The van der Waals surface area contributed by atoms with E-state index in [9.17, 15) is 4.79 Å². The van der Waals surface area contributed by atoms with E-state index in [0.29, 0.717) is 24.7 Å². The fraction of sp³-hybridized carbons (Fsp3) is 0.286. The molecule has 112 valence electrons. The maximum Gasteiger partial charge on any atom is 0.335 e. The monoisotopic (exact) mass is 310 g/mol. The molecular formula is C14H15ClN2O4. The number of hydrogen-bond donors (Lipinski definition) is 1. The number of rotatable bonds is 6. The van der Waals surface area contributed by atoms with Gasteiger partial charge in [0.25, 0.3) is 0 Å². The van der Waals surface area contributed by atoms with Gasteiger partial charge in [0.1, 0.15) is 12.4 Å². The topological polar surface area (TPSA) is 73.6 Å². The number of imidazole rings is 1. The van der Waals surface area contributed by atoms with Crippen molar-refractivity contribution in [1.29, 1.82) is 0 Å². The summed E-state index contributed by atoms with van der Waals surface area (Å²) in [4.78, 5) is 15.1. The van der Waals surface area contributed by atoms with Crippen LogP contribution in [-0.2, 0) is 6.54 Å². The first-order valence-corrected chi connectivity index (χ1v) is 6.62. The second-order valence-corrected chi connectivity index (χ2v) is 4.72. The van der Waals surface area contributed by atoms with Crippen molar-refractivity contribution in [2.75, 3.05) is 13.7 Å². The van der Waals surface area contributed by atoms with Crippen LogP contribution in [0.2, 0.25) is 5.02 Å². The van der Waals surface area contributed by atoms with Crippen LogP contribution in [0.5, 0.6) is 11.5 Å². The summed E-state index contributed by atoms with van der Waals surface area (Å²) in [5.41, 5.74) is 0.0506. The Balaban J connectivity index is 2.12. The summed E-state index contributed by atoms with van der Waals surface area (Å²) >= 11 is 6.06. The van der Waals surface area contributed by atoms with Gasteiger partial charge in [0.2, 0.25) is 0 Å². The fourth-order valence-corrected chi connectivity index (χ4v) is 2.13. The molecule has 0 aliphatic heterocycles. The number of halogens is 1. The number of carboxylic acid groups (broad SMARTS) is 1. The number of ether oxygens (including phenoxy) is 2. The van der Waals surface area contributed by atoms with E-state index in [4.69, 9.17) is 26.2 Å². The van der Waals surface area contributed by atoms with Crippen molar-refractivity contribution in [2.45, 2.75) is 13.5 Å². The van der Waals surface area contributed by atoms with Crippen LogP contribution in [0, 0.1) is 6.92 Å². The van der Waals surface area contributed by atoms with Gasteiger partial charge < -0.3 is 19.1 Å². The first-order valence-electron chi connectivity index (χ1n) is 6.24. The highest BCUT2D eigenvalue weighted by Crippen LogP contribution is 2.36. The van der Waals surface area contributed by atoms with Gasteiger partial charge in [-0.25, -0.2) is 9.78 Å². The molecule has 0 saturated carbocycles. The summed E-state index contributed by atoms with van der Waals surface area (Å²) in [6.45, 7) is 2.86. The number of aryl methyl sites for hydroxylation is 1. The van der Waals surface area contributed by atoms with Crippen molar-refractivity contribution in [3.8, 4) is 11.5 Å². The Kier molecular flexibility index (Phi) is 4.70. The Morgan fingerprint density at radius 1 is 1.48 bits per heavy atom. The lowest BCUT2D eigenvalue weighted by molar-refractivity contribution is 0.0696. The molecule has 1 N–H and O–H groups in total. The van der Waals surface area contributed by atoms with Gasteiger partial charge >= 0.3 is 5.97 Å². The lowest BCUT2D eigenvalue weighted by atomic mass is 10.2. The van der Waals surface area contributed by atoms with Crippen LogP contribution in [0.25, 0.3) is 0 Å². The molecule has 2 aromatic rings. The maximum atomic E-state index is 11.0. The predicted octanol–water partition coefficient (Wildman–Crippen LogP) is 2.63. The summed E-state index contributed by atoms with van der Waals surface area (Å²) in [6, 6.07) is 2.72. The van der Waals surface area contributed by atoms with Crippen LogP contribution in [0.1, 0.15) is 16.2 Å². The standard InChI is InChI=1S/C14H15ClN2O4/c1-9-16-3-4-17(9)5-6-21-13-11(15)7-10(14(18)19)8-12(13)20-2/h3-4,7-8H,5-6H2,1-2H3,(H,18,19). The lowest BCUT2D eigenvalue weighted by Crippen LogP contribution is -2.10. The number of benzene rings is 1. The predicted molar refractivity (Wildman–Crippen MR) is 77.4 cm³/mol. The number of carbonyl (C=O) groups is 1. The van der Waals surface area contributed by atoms with E-state index < -0.39 is 5.97 Å². The number of aromatic nitrogens is 2. The van der Waals surface area contributed by atoms with Gasteiger partial charge in [-0.2, -0.15) is 0 Å². The Hall–Kier alpha value is -2.21. The molecule has 0 atom stereocenters. The highest BCUT2D eigenvalue weighted by Gasteiger charge is 2.15. The van der Waals surface area contributed by atoms with Gasteiger partial charge in [0.05, 0.1) is 24.2 Å². The van der Waals surface area contributed by atoms with Crippen molar-refractivity contribution in [2.24, 2.45) is 0 Å². The van der Waals surface area contributed by atoms with E-state index in [1.165, 1.54) is 19.2 Å². The van der Waals surface area contributed by atoms with Gasteiger partial charge in [-0.1, -0.05) is 11.6 Å². The number of carboxylic acids is 1. The average Bonchev–Trinajstić information content (AvgIpc) is 2.85. The van der Waals surface area contributed by atoms with Crippen molar-refractivity contribution in [1.82, 2.24) is 9.55 Å². The third-order valence-corrected chi connectivity index (χ3v) is 3.26. The fourth-order valence-electron chi connectivity index (χ4n) is 1.87. The molecule has 0 bridgehead atoms. The quantitative estimate of drug-likeness (QED) is 0.888. The SMILES string of the molecule is COc1cc(C(=O)O)cc(Cl)c1OCCn1ccnc1C. The molecule has 0 saturated heterocycles. The third-order valence-electron chi connectivity index (χ3n) is 2.98. The van der Waals surface area contributed by atoms with Crippen LogP contribution < -0.4 is 9.47 Å². The number of methoxy groups -OCH3 is 1. The van der Waals surface area contributed by atoms with E-state index in [1.807, 2.05) is 17.7 Å². The molecule has 0 fully saturated rings. The molecule has 1 aromatic carbocycles. The number of aromatic carboxylic acids is 1. The molecular weight excluding hydrogens is 296 g/mol. The Bertz CT molecular complexity index is 654. The minimum Gasteiger partial charge on any atom is -0.493 e. The van der Waals surface area contributed by atoms with E-state index >= 15 is 0 Å². The van der Waals surface area contributed by atoms with E-state index in [0.717, 1.165) is 5.82 Å². The molecule has 0 amide bonds. The molecule has 7 heteroatoms. The molecule has 0 aliphatic carbocycles. The number of nitrogens with zero attached hydrogens (tertiary/aromatic N) is 2. The van der Waals surface area contributed by atoms with E-state index in [1.54, 1.807) is 6.20 Å². The van der Waals surface area contributed by atoms with Crippen molar-refractivity contribution >= 4 is 17.6 Å². The smallest absolute Gasteiger partial charge is 0.335 e. The molecule has 0 spiro atoms. The van der Waals surface area contributed by atoms with Crippen LogP contribution in [0.15, 0.2) is 24.5 Å². The van der Waals surface area contributed by atoms with Gasteiger partial charge in [-0.15, -0.1) is 0 Å². The minimum absolute atomic E-state index is 0.0506. The molecule has 1 aromatic heterocycles. The Morgan fingerprint density at radius 3 is 2.81 bits per heavy atom. The van der Waals surface area contributed by atoms with Crippen molar-refractivity contribution in [3.05, 3.63) is 40.9 Å². The van der Waals surface area contributed by atoms with Crippen LogP contribution in [0.3, 0.4) is 0 Å². The third kappa shape index (κ3) is 3.46. The first-order chi connectivity index (χ1) is 10.0. The highest BCUT2D eigenvalue weighted by molar-refractivity contribution is 6.32. The minimum atomic E-state index is -1.07. The Labute approximate surface area is 126 Å². The summed E-state index contributed by atoms with van der Waals surface area (Å²) < 4.78 is 12.7. The normalized spacial score (nSPS) is 10.4. The molecule has 1 heterocycles. The zero-order chi connectivity index (χ0) is 15.4. The molecule has 0 aliphatic rings. The van der Waals surface area contributed by atoms with Crippen LogP contribution in [0.4, 0.5) is 0 Å². The summed E-state index contributed by atoms with van der Waals surface area (Å²) in [5.74, 6) is 0.442. The van der Waals surface area contributed by atoms with Crippen molar-refractivity contribution < 1.29 is 19.4 Å². The van der Waals surface area contributed by atoms with E-state index in [-0.39, 0.29) is 10.6 Å². The average molecular weight is 311 g/mol. The molecule has 0 unspecified atom stereocenters. The summed E-state index contributed by atoms with van der Waals surface area (Å²) in [6.07, 6.45) is 3.57. The lowest BCUT2D eigenvalue weighted by Gasteiger charge is -2.13. The number of hydrogen-bond acceptors (Lipinski definition) is 4. The largest absolute Gasteiger partial charge is 0.493 e. The van der Waals surface area contributed by atoms with Gasteiger partial charge in [0.15, 0.2) is 11.5 Å².